The second-order valence-electron chi connectivity index (χ2n) is 5.91. The van der Waals surface area contributed by atoms with E-state index in [2.05, 4.69) is 55.0 Å². The fraction of sp³-hybridized carbons (Fsp3) is 0.300. The molecular weight excluding hydrogens is 268 g/mol. The molecule has 2 nitrogen and oxygen atoms in total. The average molecular weight is 290 g/mol. The molecule has 0 spiro atoms. The van der Waals surface area contributed by atoms with Crippen LogP contribution in [0.15, 0.2) is 48.8 Å². The highest BCUT2D eigenvalue weighted by atomic mass is 14.7. The molecular formula is C20H22N2. The van der Waals surface area contributed by atoms with E-state index in [4.69, 9.17) is 0 Å². The van der Waals surface area contributed by atoms with Gasteiger partial charge in [-0.25, -0.2) is 0 Å². The van der Waals surface area contributed by atoms with Crippen LogP contribution in [-0.4, -0.2) is 9.97 Å². The van der Waals surface area contributed by atoms with Gasteiger partial charge in [0.25, 0.3) is 0 Å². The van der Waals surface area contributed by atoms with Crippen LogP contribution in [0.3, 0.4) is 0 Å². The van der Waals surface area contributed by atoms with Crippen molar-refractivity contribution in [2.24, 2.45) is 0 Å². The van der Waals surface area contributed by atoms with Gasteiger partial charge >= 0.3 is 0 Å². The molecule has 0 radical (unpaired) electrons. The number of rotatable bonds is 4. The molecule has 2 aromatic heterocycles. The summed E-state index contributed by atoms with van der Waals surface area (Å²) in [5, 5.41) is 1.08. The van der Waals surface area contributed by atoms with Gasteiger partial charge in [0.1, 0.15) is 0 Å². The van der Waals surface area contributed by atoms with Crippen LogP contribution in [0.4, 0.5) is 0 Å². The van der Waals surface area contributed by atoms with Crippen LogP contribution in [-0.2, 0) is 0 Å². The van der Waals surface area contributed by atoms with Gasteiger partial charge in [-0.15, -0.1) is 0 Å². The SMILES string of the molecule is CCC(CC)c1cc(C)cc(-c2cc3ncccc3cn2)c1. The Hall–Kier alpha value is -2.22. The maximum absolute atomic E-state index is 4.63. The van der Waals surface area contributed by atoms with Crippen LogP contribution in [0.5, 0.6) is 0 Å². The maximum Gasteiger partial charge on any atom is 0.0739 e. The molecule has 0 aliphatic carbocycles. The fourth-order valence-corrected chi connectivity index (χ4v) is 3.08. The number of hydrogen-bond donors (Lipinski definition) is 0. The van der Waals surface area contributed by atoms with Gasteiger partial charge in [0, 0.05) is 23.3 Å². The Labute approximate surface area is 132 Å². The average Bonchev–Trinajstić information content (AvgIpc) is 2.55. The zero-order valence-electron chi connectivity index (χ0n) is 13.5. The lowest BCUT2D eigenvalue weighted by Gasteiger charge is -2.15. The van der Waals surface area contributed by atoms with E-state index in [0.29, 0.717) is 5.92 Å². The molecule has 0 atom stereocenters. The third-order valence-corrected chi connectivity index (χ3v) is 4.34. The minimum atomic E-state index is 0.622. The van der Waals surface area contributed by atoms with E-state index in [1.54, 1.807) is 0 Å². The lowest BCUT2D eigenvalue weighted by atomic mass is 9.90. The van der Waals surface area contributed by atoms with Crippen molar-refractivity contribution in [3.63, 3.8) is 0 Å². The van der Waals surface area contributed by atoms with Gasteiger partial charge in [-0.05, 0) is 61.6 Å². The van der Waals surface area contributed by atoms with Crippen molar-refractivity contribution in [2.75, 3.05) is 0 Å². The summed E-state index contributed by atoms with van der Waals surface area (Å²) in [6.07, 6.45) is 6.09. The summed E-state index contributed by atoms with van der Waals surface area (Å²) in [7, 11) is 0. The smallest absolute Gasteiger partial charge is 0.0739 e. The summed E-state index contributed by atoms with van der Waals surface area (Å²) in [5.74, 6) is 0.622. The molecule has 112 valence electrons. The Kier molecular flexibility index (Phi) is 4.19. The monoisotopic (exact) mass is 290 g/mol. The predicted octanol–water partition coefficient (Wildman–Crippen LogP) is 5.51. The van der Waals surface area contributed by atoms with E-state index >= 15 is 0 Å². The first-order valence-electron chi connectivity index (χ1n) is 8.04. The molecule has 0 amide bonds. The third-order valence-electron chi connectivity index (χ3n) is 4.34. The van der Waals surface area contributed by atoms with Crippen LogP contribution in [0.25, 0.3) is 22.2 Å². The maximum atomic E-state index is 4.63. The standard InChI is InChI=1S/C20H22N2/c1-4-15(5-2)17-9-14(3)10-18(11-17)20-12-19-16(13-22-20)7-6-8-21-19/h6-13,15H,4-5H2,1-3H3. The summed E-state index contributed by atoms with van der Waals surface area (Å²) in [4.78, 5) is 9.07. The summed E-state index contributed by atoms with van der Waals surface area (Å²) >= 11 is 0. The van der Waals surface area contributed by atoms with E-state index < -0.39 is 0 Å². The summed E-state index contributed by atoms with van der Waals surface area (Å²) in [6, 6.07) is 12.9. The minimum absolute atomic E-state index is 0.622. The van der Waals surface area contributed by atoms with Crippen LogP contribution < -0.4 is 0 Å². The van der Waals surface area contributed by atoms with Crippen LogP contribution >= 0.6 is 0 Å². The van der Waals surface area contributed by atoms with E-state index in [-0.39, 0.29) is 0 Å². The Morgan fingerprint density at radius 1 is 1.00 bits per heavy atom. The van der Waals surface area contributed by atoms with E-state index in [0.717, 1.165) is 16.6 Å². The normalized spacial score (nSPS) is 11.3. The molecule has 0 saturated heterocycles. The Morgan fingerprint density at radius 2 is 1.82 bits per heavy atom. The van der Waals surface area contributed by atoms with Gasteiger partial charge in [0.05, 0.1) is 11.2 Å². The molecule has 2 heteroatoms. The van der Waals surface area contributed by atoms with Gasteiger partial charge in [-0.3, -0.25) is 9.97 Å². The minimum Gasteiger partial charge on any atom is -0.256 e. The molecule has 0 bridgehead atoms. The van der Waals surface area contributed by atoms with E-state index in [1.165, 1.54) is 29.5 Å². The van der Waals surface area contributed by atoms with Crippen molar-refractivity contribution >= 4 is 10.9 Å². The van der Waals surface area contributed by atoms with Crippen molar-refractivity contribution in [3.05, 3.63) is 59.9 Å². The van der Waals surface area contributed by atoms with Gasteiger partial charge in [-0.2, -0.15) is 0 Å². The van der Waals surface area contributed by atoms with Gasteiger partial charge < -0.3 is 0 Å². The van der Waals surface area contributed by atoms with Crippen LogP contribution in [0.1, 0.15) is 43.7 Å². The highest BCUT2D eigenvalue weighted by molar-refractivity contribution is 5.81. The predicted molar refractivity (Wildman–Crippen MR) is 93.0 cm³/mol. The molecule has 22 heavy (non-hydrogen) atoms. The number of hydrogen-bond acceptors (Lipinski definition) is 2. The molecule has 0 fully saturated rings. The molecule has 0 N–H and O–H groups in total. The Balaban J connectivity index is 2.09. The number of pyridine rings is 2. The highest BCUT2D eigenvalue weighted by Gasteiger charge is 2.10. The molecule has 0 unspecified atom stereocenters. The van der Waals surface area contributed by atoms with Gasteiger partial charge in [-0.1, -0.05) is 25.5 Å². The third kappa shape index (κ3) is 2.87. The van der Waals surface area contributed by atoms with Crippen LogP contribution in [0.2, 0.25) is 0 Å². The molecule has 3 rings (SSSR count). The lowest BCUT2D eigenvalue weighted by Crippen LogP contribution is -1.97. The first-order valence-corrected chi connectivity index (χ1v) is 8.04. The summed E-state index contributed by atoms with van der Waals surface area (Å²) in [5.41, 5.74) is 5.90. The lowest BCUT2D eigenvalue weighted by molar-refractivity contribution is 0.641. The van der Waals surface area contributed by atoms with E-state index in [9.17, 15) is 0 Å². The Morgan fingerprint density at radius 3 is 2.59 bits per heavy atom. The fourth-order valence-electron chi connectivity index (χ4n) is 3.08. The second kappa shape index (κ2) is 6.27. The van der Waals surface area contributed by atoms with Crippen molar-refractivity contribution in [1.29, 1.82) is 0 Å². The first kappa shape index (κ1) is 14.7. The number of benzene rings is 1. The number of nitrogens with zero attached hydrogens (tertiary/aromatic N) is 2. The van der Waals surface area contributed by atoms with Crippen molar-refractivity contribution in [3.8, 4) is 11.3 Å². The molecule has 2 heterocycles. The first-order chi connectivity index (χ1) is 10.7. The molecule has 0 aliphatic rings. The number of fused-ring (bicyclic) bond motifs is 1. The van der Waals surface area contributed by atoms with Crippen molar-refractivity contribution in [1.82, 2.24) is 9.97 Å². The number of aryl methyl sites for hydroxylation is 1. The Bertz CT molecular complexity index is 789. The largest absolute Gasteiger partial charge is 0.256 e. The quantitative estimate of drug-likeness (QED) is 0.633. The summed E-state index contributed by atoms with van der Waals surface area (Å²) < 4.78 is 0. The van der Waals surface area contributed by atoms with E-state index in [1.807, 2.05) is 24.5 Å². The topological polar surface area (TPSA) is 25.8 Å². The zero-order chi connectivity index (χ0) is 15.5. The van der Waals surface area contributed by atoms with Crippen LogP contribution in [0, 0.1) is 6.92 Å². The zero-order valence-corrected chi connectivity index (χ0v) is 13.5. The molecule has 0 saturated carbocycles. The van der Waals surface area contributed by atoms with Gasteiger partial charge in [0.15, 0.2) is 0 Å². The molecule has 0 aliphatic heterocycles. The highest BCUT2D eigenvalue weighted by Crippen LogP contribution is 2.29. The molecule has 3 aromatic rings. The van der Waals surface area contributed by atoms with Gasteiger partial charge in [0.2, 0.25) is 0 Å². The second-order valence-corrected chi connectivity index (χ2v) is 5.91. The summed E-state index contributed by atoms with van der Waals surface area (Å²) in [6.45, 7) is 6.68. The number of aromatic nitrogens is 2. The van der Waals surface area contributed by atoms with Crippen molar-refractivity contribution < 1.29 is 0 Å². The molecule has 1 aromatic carbocycles. The van der Waals surface area contributed by atoms with Crippen molar-refractivity contribution in [2.45, 2.75) is 39.5 Å².